The maximum atomic E-state index is 12.0. The smallest absolute Gasteiger partial charge is 0.254 e. The fraction of sp³-hybridized carbons (Fsp3) is 0.692. The lowest BCUT2D eigenvalue weighted by Gasteiger charge is -2.25. The van der Waals surface area contributed by atoms with Gasteiger partial charge in [0.25, 0.3) is 5.91 Å². The van der Waals surface area contributed by atoms with E-state index in [-0.39, 0.29) is 11.3 Å². The average molecular weight is 270 g/mol. The number of aryl methyl sites for hydroxylation is 2. The van der Waals surface area contributed by atoms with Crippen LogP contribution >= 0.6 is 11.6 Å². The van der Waals surface area contributed by atoms with Crippen LogP contribution in [0.3, 0.4) is 0 Å². The van der Waals surface area contributed by atoms with Crippen LogP contribution in [-0.4, -0.2) is 27.6 Å². The van der Waals surface area contributed by atoms with E-state index in [2.05, 4.69) is 10.4 Å². The van der Waals surface area contributed by atoms with Crippen LogP contribution in [0.1, 0.15) is 41.7 Å². The minimum atomic E-state index is -0.0303. The molecule has 2 atom stereocenters. The second kappa shape index (κ2) is 5.74. The molecule has 0 spiro atoms. The summed E-state index contributed by atoms with van der Waals surface area (Å²) in [6.07, 6.45) is 6.20. The topological polar surface area (TPSA) is 46.9 Å². The summed E-state index contributed by atoms with van der Waals surface area (Å²) in [6.45, 7) is 2.57. The van der Waals surface area contributed by atoms with E-state index in [9.17, 15) is 4.79 Å². The number of rotatable bonds is 3. The van der Waals surface area contributed by atoms with Crippen LogP contribution in [0.25, 0.3) is 0 Å². The van der Waals surface area contributed by atoms with Gasteiger partial charge in [-0.15, -0.1) is 11.6 Å². The van der Waals surface area contributed by atoms with Gasteiger partial charge in [0.15, 0.2) is 0 Å². The zero-order chi connectivity index (χ0) is 13.1. The van der Waals surface area contributed by atoms with Crippen molar-refractivity contribution in [1.29, 1.82) is 0 Å². The van der Waals surface area contributed by atoms with Gasteiger partial charge in [-0.05, 0) is 32.1 Å². The highest BCUT2D eigenvalue weighted by molar-refractivity contribution is 6.20. The number of nitrogens with one attached hydrogen (secondary N) is 1. The molecule has 1 heterocycles. The Morgan fingerprint density at radius 3 is 3.00 bits per heavy atom. The van der Waals surface area contributed by atoms with Crippen LogP contribution in [0.4, 0.5) is 0 Å². The second-order valence-electron chi connectivity index (χ2n) is 5.14. The Balaban J connectivity index is 1.86. The maximum absolute atomic E-state index is 12.0. The number of amides is 1. The summed E-state index contributed by atoms with van der Waals surface area (Å²) in [7, 11) is 1.82. The number of carbonyl (C=O) groups is 1. The third kappa shape index (κ3) is 3.25. The van der Waals surface area contributed by atoms with Crippen LogP contribution in [0.15, 0.2) is 6.20 Å². The SMILES string of the molecule is Cc1nn(C)cc1C(=O)NCC1CCCC(Cl)C1. The van der Waals surface area contributed by atoms with Crippen molar-refractivity contribution >= 4 is 17.5 Å². The van der Waals surface area contributed by atoms with Crippen molar-refractivity contribution in [2.24, 2.45) is 13.0 Å². The van der Waals surface area contributed by atoms with Crippen molar-refractivity contribution in [2.45, 2.75) is 38.0 Å². The Morgan fingerprint density at radius 2 is 2.39 bits per heavy atom. The first-order valence-corrected chi connectivity index (χ1v) is 6.92. The lowest BCUT2D eigenvalue weighted by Crippen LogP contribution is -2.32. The lowest BCUT2D eigenvalue weighted by molar-refractivity contribution is 0.0943. The van der Waals surface area contributed by atoms with E-state index in [1.165, 1.54) is 6.42 Å². The second-order valence-corrected chi connectivity index (χ2v) is 5.76. The van der Waals surface area contributed by atoms with Gasteiger partial charge in [0.2, 0.25) is 0 Å². The molecule has 18 heavy (non-hydrogen) atoms. The molecule has 0 bridgehead atoms. The van der Waals surface area contributed by atoms with Gasteiger partial charge >= 0.3 is 0 Å². The molecule has 0 saturated heterocycles. The zero-order valence-electron chi connectivity index (χ0n) is 10.9. The number of halogens is 1. The van der Waals surface area contributed by atoms with E-state index >= 15 is 0 Å². The summed E-state index contributed by atoms with van der Waals surface area (Å²) in [5.74, 6) is 0.486. The molecular weight excluding hydrogens is 250 g/mol. The molecule has 4 nitrogen and oxygen atoms in total. The van der Waals surface area contributed by atoms with Gasteiger partial charge < -0.3 is 5.32 Å². The molecule has 2 rings (SSSR count). The van der Waals surface area contributed by atoms with Gasteiger partial charge in [0.1, 0.15) is 0 Å². The highest BCUT2D eigenvalue weighted by atomic mass is 35.5. The fourth-order valence-electron chi connectivity index (χ4n) is 2.57. The Kier molecular flexibility index (Phi) is 4.27. The molecule has 1 saturated carbocycles. The number of alkyl halides is 1. The van der Waals surface area contributed by atoms with Gasteiger partial charge in [0, 0.05) is 25.2 Å². The highest BCUT2D eigenvalue weighted by Gasteiger charge is 2.21. The highest BCUT2D eigenvalue weighted by Crippen LogP contribution is 2.27. The van der Waals surface area contributed by atoms with Crippen LogP contribution in [0.2, 0.25) is 0 Å². The Labute approximate surface area is 113 Å². The van der Waals surface area contributed by atoms with Crippen molar-refractivity contribution < 1.29 is 4.79 Å². The zero-order valence-corrected chi connectivity index (χ0v) is 11.7. The number of carbonyl (C=O) groups excluding carboxylic acids is 1. The van der Waals surface area contributed by atoms with Crippen molar-refractivity contribution in [3.63, 3.8) is 0 Å². The third-order valence-electron chi connectivity index (χ3n) is 3.53. The van der Waals surface area contributed by atoms with E-state index in [0.717, 1.165) is 31.5 Å². The molecule has 100 valence electrons. The summed E-state index contributed by atoms with van der Waals surface area (Å²) in [6, 6.07) is 0. The van der Waals surface area contributed by atoms with Gasteiger partial charge in [0.05, 0.1) is 11.3 Å². The number of hydrogen-bond donors (Lipinski definition) is 1. The molecule has 1 N–H and O–H groups in total. The first kappa shape index (κ1) is 13.4. The molecule has 2 unspecified atom stereocenters. The monoisotopic (exact) mass is 269 g/mol. The number of nitrogens with zero attached hydrogens (tertiary/aromatic N) is 2. The predicted octanol–water partition coefficient (Wildman–Crippen LogP) is 2.26. The first-order valence-electron chi connectivity index (χ1n) is 6.48. The van der Waals surface area contributed by atoms with Gasteiger partial charge in [-0.3, -0.25) is 9.48 Å². The van der Waals surface area contributed by atoms with Crippen LogP contribution < -0.4 is 5.32 Å². The van der Waals surface area contributed by atoms with Crippen molar-refractivity contribution in [3.05, 3.63) is 17.5 Å². The van der Waals surface area contributed by atoms with Crippen LogP contribution in [-0.2, 0) is 7.05 Å². The normalized spacial score (nSPS) is 23.9. The quantitative estimate of drug-likeness (QED) is 0.856. The van der Waals surface area contributed by atoms with Crippen LogP contribution in [0, 0.1) is 12.8 Å². The number of hydrogen-bond acceptors (Lipinski definition) is 2. The van der Waals surface area contributed by atoms with Crippen molar-refractivity contribution in [1.82, 2.24) is 15.1 Å². The largest absolute Gasteiger partial charge is 0.352 e. The summed E-state index contributed by atoms with van der Waals surface area (Å²) in [4.78, 5) is 12.0. The third-order valence-corrected chi connectivity index (χ3v) is 3.92. The van der Waals surface area contributed by atoms with Crippen molar-refractivity contribution in [3.8, 4) is 0 Å². The minimum absolute atomic E-state index is 0.0303. The molecule has 1 fully saturated rings. The standard InChI is InChI=1S/C13H20ClN3O/c1-9-12(8-17(2)16-9)13(18)15-7-10-4-3-5-11(14)6-10/h8,10-11H,3-7H2,1-2H3,(H,15,18). The van der Waals surface area contributed by atoms with Gasteiger partial charge in [-0.25, -0.2) is 0 Å². The molecule has 1 aliphatic carbocycles. The minimum Gasteiger partial charge on any atom is -0.352 e. The first-order chi connectivity index (χ1) is 8.56. The van der Waals surface area contributed by atoms with Crippen molar-refractivity contribution in [2.75, 3.05) is 6.54 Å². The van der Waals surface area contributed by atoms with E-state index in [4.69, 9.17) is 11.6 Å². The Morgan fingerprint density at radius 1 is 1.61 bits per heavy atom. The summed E-state index contributed by atoms with van der Waals surface area (Å²) in [5, 5.41) is 7.44. The van der Waals surface area contributed by atoms with E-state index in [1.807, 2.05) is 14.0 Å². The molecule has 1 aromatic rings. The fourth-order valence-corrected chi connectivity index (χ4v) is 2.97. The number of aromatic nitrogens is 2. The predicted molar refractivity (Wildman–Crippen MR) is 71.9 cm³/mol. The molecular formula is C13H20ClN3O. The molecule has 0 aliphatic heterocycles. The maximum Gasteiger partial charge on any atom is 0.254 e. The van der Waals surface area contributed by atoms with Gasteiger partial charge in [-0.2, -0.15) is 5.10 Å². The van der Waals surface area contributed by atoms with E-state index in [0.29, 0.717) is 11.5 Å². The Hall–Kier alpha value is -1.03. The average Bonchev–Trinajstić information content (AvgIpc) is 2.66. The van der Waals surface area contributed by atoms with Crippen LogP contribution in [0.5, 0.6) is 0 Å². The van der Waals surface area contributed by atoms with Gasteiger partial charge in [-0.1, -0.05) is 6.42 Å². The summed E-state index contributed by atoms with van der Waals surface area (Å²) < 4.78 is 1.67. The Bertz CT molecular complexity index is 430. The molecule has 1 amide bonds. The van der Waals surface area contributed by atoms with E-state index in [1.54, 1.807) is 10.9 Å². The molecule has 1 aliphatic rings. The lowest BCUT2D eigenvalue weighted by atomic mass is 9.89. The molecule has 1 aromatic heterocycles. The summed E-state index contributed by atoms with van der Waals surface area (Å²) in [5.41, 5.74) is 1.43. The molecule has 0 radical (unpaired) electrons. The van der Waals surface area contributed by atoms with E-state index < -0.39 is 0 Å². The summed E-state index contributed by atoms with van der Waals surface area (Å²) >= 11 is 6.15. The molecule has 5 heteroatoms. The molecule has 0 aromatic carbocycles.